The summed E-state index contributed by atoms with van der Waals surface area (Å²) < 4.78 is 0. The van der Waals surface area contributed by atoms with Crippen LogP contribution in [0.15, 0.2) is 48.1 Å². The fraction of sp³-hybridized carbons (Fsp3) is 0.316. The van der Waals surface area contributed by atoms with Crippen molar-refractivity contribution in [1.82, 2.24) is 20.3 Å². The lowest BCUT2D eigenvalue weighted by molar-refractivity contribution is 0.683. The Kier molecular flexibility index (Phi) is 7.46. The second kappa shape index (κ2) is 10.0. The molecule has 5 nitrogen and oxygen atoms in total. The highest BCUT2D eigenvalue weighted by Gasteiger charge is 2.11. The number of anilines is 1. The first-order chi connectivity index (χ1) is 12.9. The van der Waals surface area contributed by atoms with Gasteiger partial charge in [0.1, 0.15) is 0 Å². The van der Waals surface area contributed by atoms with E-state index in [1.165, 1.54) is 22.8 Å². The first kappa shape index (κ1) is 20.1. The SMILES string of the molecule is Cl.c1cnc(-c2nc(CNCc3ccc(N4CCSCC4)cc3)cs2)nc1. The summed E-state index contributed by atoms with van der Waals surface area (Å²) >= 11 is 3.62. The zero-order valence-corrected chi connectivity index (χ0v) is 17.3. The number of benzene rings is 1. The summed E-state index contributed by atoms with van der Waals surface area (Å²) in [6, 6.07) is 10.7. The largest absolute Gasteiger partial charge is 0.370 e. The molecule has 8 heteroatoms. The molecule has 1 aliphatic rings. The topological polar surface area (TPSA) is 53.9 Å². The molecule has 1 aliphatic heterocycles. The number of thiazole rings is 1. The quantitative estimate of drug-likeness (QED) is 0.654. The molecule has 2 aromatic heterocycles. The molecule has 0 bridgehead atoms. The minimum absolute atomic E-state index is 0. The standard InChI is InChI=1S/C19H21N5S2.ClH/c1-6-21-18(22-7-1)19-23-16(14-26-19)13-20-12-15-2-4-17(5-3-15)24-8-10-25-11-9-24;/h1-7,14,20H,8-13H2;1H. The Morgan fingerprint density at radius 3 is 2.48 bits per heavy atom. The maximum absolute atomic E-state index is 4.61. The van der Waals surface area contributed by atoms with Crippen LogP contribution < -0.4 is 10.2 Å². The first-order valence-electron chi connectivity index (χ1n) is 8.72. The third-order valence-corrected chi connectivity index (χ3v) is 6.09. The van der Waals surface area contributed by atoms with Gasteiger partial charge in [-0.15, -0.1) is 23.7 Å². The highest BCUT2D eigenvalue weighted by molar-refractivity contribution is 7.99. The Hall–Kier alpha value is -1.67. The molecule has 0 atom stereocenters. The van der Waals surface area contributed by atoms with Gasteiger partial charge in [0.15, 0.2) is 10.8 Å². The number of halogens is 1. The van der Waals surface area contributed by atoms with Gasteiger partial charge in [-0.1, -0.05) is 12.1 Å². The van der Waals surface area contributed by atoms with E-state index in [4.69, 9.17) is 0 Å². The van der Waals surface area contributed by atoms with Crippen molar-refractivity contribution in [3.63, 3.8) is 0 Å². The van der Waals surface area contributed by atoms with E-state index < -0.39 is 0 Å². The van der Waals surface area contributed by atoms with Crippen molar-refractivity contribution in [2.75, 3.05) is 29.5 Å². The molecule has 3 aromatic rings. The maximum Gasteiger partial charge on any atom is 0.188 e. The van der Waals surface area contributed by atoms with E-state index in [0.717, 1.165) is 36.9 Å². The van der Waals surface area contributed by atoms with Crippen molar-refractivity contribution in [1.29, 1.82) is 0 Å². The Balaban J connectivity index is 0.00000210. The average molecular weight is 420 g/mol. The molecule has 0 unspecified atom stereocenters. The highest BCUT2D eigenvalue weighted by Crippen LogP contribution is 2.21. The lowest BCUT2D eigenvalue weighted by Gasteiger charge is -2.28. The van der Waals surface area contributed by atoms with Crippen molar-refractivity contribution in [2.45, 2.75) is 13.1 Å². The van der Waals surface area contributed by atoms with Crippen LogP contribution >= 0.6 is 35.5 Å². The predicted octanol–water partition coefficient (Wildman–Crippen LogP) is 3.86. The summed E-state index contributed by atoms with van der Waals surface area (Å²) in [5.74, 6) is 3.15. The lowest BCUT2D eigenvalue weighted by atomic mass is 10.2. The Bertz CT molecular complexity index is 820. The van der Waals surface area contributed by atoms with Gasteiger partial charge < -0.3 is 10.2 Å². The van der Waals surface area contributed by atoms with Gasteiger partial charge in [-0.2, -0.15) is 11.8 Å². The van der Waals surface area contributed by atoms with Crippen molar-refractivity contribution in [3.05, 3.63) is 59.4 Å². The van der Waals surface area contributed by atoms with Crippen LogP contribution in [0.25, 0.3) is 10.8 Å². The molecule has 0 radical (unpaired) electrons. The molecule has 3 heterocycles. The van der Waals surface area contributed by atoms with Gasteiger partial charge in [-0.05, 0) is 23.8 Å². The molecule has 1 N–H and O–H groups in total. The van der Waals surface area contributed by atoms with Gasteiger partial charge >= 0.3 is 0 Å². The van der Waals surface area contributed by atoms with Crippen molar-refractivity contribution >= 4 is 41.2 Å². The number of thioether (sulfide) groups is 1. The summed E-state index contributed by atoms with van der Waals surface area (Å²) in [6.45, 7) is 3.89. The van der Waals surface area contributed by atoms with Gasteiger partial charge in [0.25, 0.3) is 0 Å². The van der Waals surface area contributed by atoms with Crippen molar-refractivity contribution in [2.24, 2.45) is 0 Å². The number of nitrogens with zero attached hydrogens (tertiary/aromatic N) is 4. The molecule has 0 amide bonds. The third-order valence-electron chi connectivity index (χ3n) is 4.26. The molecule has 1 saturated heterocycles. The van der Waals surface area contributed by atoms with Crippen LogP contribution in [0.5, 0.6) is 0 Å². The summed E-state index contributed by atoms with van der Waals surface area (Å²) in [5, 5.41) is 6.40. The number of nitrogens with one attached hydrogen (secondary N) is 1. The first-order valence-corrected chi connectivity index (χ1v) is 10.8. The fourth-order valence-electron chi connectivity index (χ4n) is 2.88. The minimum atomic E-state index is 0. The molecular weight excluding hydrogens is 398 g/mol. The molecule has 0 saturated carbocycles. The number of aromatic nitrogens is 3. The maximum atomic E-state index is 4.61. The summed E-state index contributed by atoms with van der Waals surface area (Å²) in [5.41, 5.74) is 3.66. The molecule has 1 aromatic carbocycles. The molecule has 1 fully saturated rings. The van der Waals surface area contributed by atoms with E-state index >= 15 is 0 Å². The zero-order valence-electron chi connectivity index (χ0n) is 14.9. The molecule has 0 aliphatic carbocycles. The molecule has 27 heavy (non-hydrogen) atoms. The Morgan fingerprint density at radius 2 is 1.74 bits per heavy atom. The number of rotatable bonds is 6. The summed E-state index contributed by atoms with van der Waals surface area (Å²) in [4.78, 5) is 15.6. The van der Waals surface area contributed by atoms with E-state index in [1.54, 1.807) is 23.7 Å². The molecular formula is C19H22ClN5S2. The fourth-order valence-corrected chi connectivity index (χ4v) is 4.55. The van der Waals surface area contributed by atoms with Crippen LogP contribution in [0.1, 0.15) is 11.3 Å². The van der Waals surface area contributed by atoms with Gasteiger partial charge in [0, 0.05) is 61.1 Å². The van der Waals surface area contributed by atoms with E-state index in [0.29, 0.717) is 5.82 Å². The van der Waals surface area contributed by atoms with E-state index in [1.807, 2.05) is 17.8 Å². The smallest absolute Gasteiger partial charge is 0.188 e. The number of hydrogen-bond donors (Lipinski definition) is 1. The summed E-state index contributed by atoms with van der Waals surface area (Å²) in [7, 11) is 0. The molecule has 4 rings (SSSR count). The van der Waals surface area contributed by atoms with Crippen LogP contribution in [-0.4, -0.2) is 39.5 Å². The zero-order chi connectivity index (χ0) is 17.6. The normalized spacial score (nSPS) is 14.0. The second-order valence-electron chi connectivity index (χ2n) is 6.09. The minimum Gasteiger partial charge on any atom is -0.370 e. The van der Waals surface area contributed by atoms with Crippen LogP contribution in [0.3, 0.4) is 0 Å². The molecule has 0 spiro atoms. The highest BCUT2D eigenvalue weighted by atomic mass is 35.5. The van der Waals surface area contributed by atoms with Gasteiger partial charge in [-0.3, -0.25) is 0 Å². The molecule has 142 valence electrons. The van der Waals surface area contributed by atoms with Crippen LogP contribution in [0.4, 0.5) is 5.69 Å². The Morgan fingerprint density at radius 1 is 1.00 bits per heavy atom. The van der Waals surface area contributed by atoms with Crippen molar-refractivity contribution < 1.29 is 0 Å². The van der Waals surface area contributed by atoms with Gasteiger partial charge in [-0.25, -0.2) is 15.0 Å². The lowest BCUT2D eigenvalue weighted by Crippen LogP contribution is -2.32. The van der Waals surface area contributed by atoms with Gasteiger partial charge in [0.2, 0.25) is 0 Å². The van der Waals surface area contributed by atoms with E-state index in [9.17, 15) is 0 Å². The van der Waals surface area contributed by atoms with E-state index in [2.05, 4.69) is 54.8 Å². The third kappa shape index (κ3) is 5.42. The van der Waals surface area contributed by atoms with Crippen LogP contribution in [0.2, 0.25) is 0 Å². The number of hydrogen-bond acceptors (Lipinski definition) is 7. The summed E-state index contributed by atoms with van der Waals surface area (Å²) in [6.07, 6.45) is 3.49. The second-order valence-corrected chi connectivity index (χ2v) is 8.17. The van der Waals surface area contributed by atoms with Crippen molar-refractivity contribution in [3.8, 4) is 10.8 Å². The monoisotopic (exact) mass is 419 g/mol. The predicted molar refractivity (Wildman–Crippen MR) is 117 cm³/mol. The van der Waals surface area contributed by atoms with E-state index in [-0.39, 0.29) is 12.4 Å². The Labute approximate surface area is 174 Å². The van der Waals surface area contributed by atoms with Gasteiger partial charge in [0.05, 0.1) is 5.69 Å². The average Bonchev–Trinajstić information content (AvgIpc) is 3.19. The van der Waals surface area contributed by atoms with Crippen LogP contribution in [0, 0.1) is 0 Å². The van der Waals surface area contributed by atoms with Crippen LogP contribution in [-0.2, 0) is 13.1 Å².